The molecule has 3 aromatic rings. The predicted octanol–water partition coefficient (Wildman–Crippen LogP) is 5.09. The zero-order valence-electron chi connectivity index (χ0n) is 20.0. The fraction of sp³-hybridized carbons (Fsp3) is 0.308. The Labute approximate surface area is 214 Å². The third-order valence-corrected chi connectivity index (χ3v) is 8.91. The Balaban J connectivity index is 1.67. The Kier molecular flexibility index (Phi) is 7.75. The van der Waals surface area contributed by atoms with Gasteiger partial charge in [0.1, 0.15) is 17.4 Å². The summed E-state index contributed by atoms with van der Waals surface area (Å²) < 4.78 is 46.6. The Morgan fingerprint density at radius 1 is 1.06 bits per heavy atom. The van der Waals surface area contributed by atoms with E-state index in [0.29, 0.717) is 10.6 Å². The summed E-state index contributed by atoms with van der Waals surface area (Å²) >= 11 is 1.33. The largest absolute Gasteiger partial charge is 0.462 e. The first kappa shape index (κ1) is 25.8. The highest BCUT2D eigenvalue weighted by Crippen LogP contribution is 2.38. The monoisotopic (exact) mass is 530 g/mol. The molecule has 0 saturated heterocycles. The van der Waals surface area contributed by atoms with E-state index in [1.165, 1.54) is 11.3 Å². The molecule has 0 radical (unpaired) electrons. The van der Waals surface area contributed by atoms with E-state index in [4.69, 9.17) is 4.74 Å². The number of carbonyl (C=O) groups is 2. The summed E-state index contributed by atoms with van der Waals surface area (Å²) in [6, 6.07) is 11.1. The molecule has 4 rings (SSSR count). The minimum atomic E-state index is -4.19. The van der Waals surface area contributed by atoms with Gasteiger partial charge in [-0.1, -0.05) is 17.7 Å². The van der Waals surface area contributed by atoms with Crippen LogP contribution in [0.15, 0.2) is 53.4 Å². The van der Waals surface area contributed by atoms with Gasteiger partial charge in [0, 0.05) is 4.88 Å². The van der Waals surface area contributed by atoms with Gasteiger partial charge in [-0.3, -0.25) is 9.10 Å². The molecule has 1 N–H and O–H groups in total. The average molecular weight is 531 g/mol. The van der Waals surface area contributed by atoms with Crippen LogP contribution in [-0.4, -0.2) is 33.4 Å². The maximum absolute atomic E-state index is 13.5. The van der Waals surface area contributed by atoms with Gasteiger partial charge in [0.2, 0.25) is 5.91 Å². The number of aryl methyl sites for hydroxylation is 2. The number of hydrogen-bond acceptors (Lipinski definition) is 6. The van der Waals surface area contributed by atoms with E-state index >= 15 is 0 Å². The van der Waals surface area contributed by atoms with Crippen molar-refractivity contribution in [3.8, 4) is 0 Å². The number of rotatable bonds is 8. The molecule has 1 aliphatic carbocycles. The van der Waals surface area contributed by atoms with Crippen molar-refractivity contribution in [1.29, 1.82) is 0 Å². The third-order valence-electron chi connectivity index (χ3n) is 5.91. The lowest BCUT2D eigenvalue weighted by atomic mass is 9.95. The normalized spacial score (nSPS) is 13.1. The number of anilines is 2. The van der Waals surface area contributed by atoms with Crippen LogP contribution in [-0.2, 0) is 32.4 Å². The van der Waals surface area contributed by atoms with Crippen LogP contribution < -0.4 is 9.62 Å². The molecule has 1 heterocycles. The maximum atomic E-state index is 13.5. The molecule has 0 fully saturated rings. The molecule has 1 aromatic heterocycles. The molecule has 0 atom stereocenters. The average Bonchev–Trinajstić information content (AvgIpc) is 3.21. The van der Waals surface area contributed by atoms with Gasteiger partial charge in [0.05, 0.1) is 22.8 Å². The minimum absolute atomic E-state index is 0.143. The third kappa shape index (κ3) is 5.44. The van der Waals surface area contributed by atoms with Gasteiger partial charge in [-0.2, -0.15) is 0 Å². The lowest BCUT2D eigenvalue weighted by Crippen LogP contribution is -2.38. The quantitative estimate of drug-likeness (QED) is 0.410. The second-order valence-electron chi connectivity index (χ2n) is 8.48. The molecular weight excluding hydrogens is 503 g/mol. The van der Waals surface area contributed by atoms with Gasteiger partial charge in [-0.15, -0.1) is 11.3 Å². The zero-order valence-corrected chi connectivity index (χ0v) is 21.7. The van der Waals surface area contributed by atoms with Crippen molar-refractivity contribution in [2.45, 2.75) is 44.4 Å². The number of benzene rings is 2. The second-order valence-corrected chi connectivity index (χ2v) is 11.5. The number of esters is 1. The lowest BCUT2D eigenvalue weighted by Gasteiger charge is -2.24. The Morgan fingerprint density at radius 3 is 2.39 bits per heavy atom. The van der Waals surface area contributed by atoms with Crippen molar-refractivity contribution in [2.24, 2.45) is 0 Å². The number of sulfonamides is 1. The second kappa shape index (κ2) is 10.8. The summed E-state index contributed by atoms with van der Waals surface area (Å²) in [6.45, 7) is 3.25. The summed E-state index contributed by atoms with van der Waals surface area (Å²) in [6.07, 6.45) is 3.49. The van der Waals surface area contributed by atoms with Crippen LogP contribution in [0.25, 0.3) is 0 Å². The molecule has 190 valence electrons. The van der Waals surface area contributed by atoms with Crippen LogP contribution in [0.3, 0.4) is 0 Å². The Morgan fingerprint density at radius 2 is 1.72 bits per heavy atom. The SMILES string of the molecule is CCOC(=O)c1c(NC(=O)CN(c2ccc(C)cc2)S(=O)(=O)c2ccc(F)cc2)sc2c1CCCC2. The smallest absolute Gasteiger partial charge is 0.341 e. The minimum Gasteiger partial charge on any atom is -0.462 e. The topological polar surface area (TPSA) is 92.8 Å². The number of nitrogens with one attached hydrogen (secondary N) is 1. The van der Waals surface area contributed by atoms with Crippen LogP contribution in [0.4, 0.5) is 15.1 Å². The zero-order chi connectivity index (χ0) is 25.9. The van der Waals surface area contributed by atoms with Crippen molar-refractivity contribution in [3.63, 3.8) is 0 Å². The molecule has 0 bridgehead atoms. The van der Waals surface area contributed by atoms with Crippen LogP contribution in [0.1, 0.15) is 46.1 Å². The van der Waals surface area contributed by atoms with Crippen LogP contribution in [0, 0.1) is 12.7 Å². The standard InChI is InChI=1S/C26H27FN2O5S2/c1-3-34-26(31)24-21-6-4-5-7-22(21)35-25(24)28-23(30)16-29(19-12-8-17(2)9-13-19)36(32,33)20-14-10-18(27)11-15-20/h8-15H,3-7,16H2,1-2H3,(H,28,30). The van der Waals surface area contributed by atoms with E-state index in [1.54, 1.807) is 31.2 Å². The number of nitrogens with zero attached hydrogens (tertiary/aromatic N) is 1. The van der Waals surface area contributed by atoms with Crippen LogP contribution in [0.2, 0.25) is 0 Å². The van der Waals surface area contributed by atoms with Gasteiger partial charge < -0.3 is 10.1 Å². The summed E-state index contributed by atoms with van der Waals surface area (Å²) in [5.41, 5.74) is 2.46. The molecule has 36 heavy (non-hydrogen) atoms. The van der Waals surface area contributed by atoms with E-state index in [9.17, 15) is 22.4 Å². The summed E-state index contributed by atoms with van der Waals surface area (Å²) in [5.74, 6) is -1.67. The Bertz CT molecular complexity index is 1370. The number of ether oxygens (including phenoxy) is 1. The number of halogens is 1. The van der Waals surface area contributed by atoms with E-state index in [-0.39, 0.29) is 17.2 Å². The number of amides is 1. The van der Waals surface area contributed by atoms with Crippen LogP contribution >= 0.6 is 11.3 Å². The van der Waals surface area contributed by atoms with E-state index in [0.717, 1.165) is 70.3 Å². The van der Waals surface area contributed by atoms with E-state index in [1.807, 2.05) is 6.92 Å². The fourth-order valence-corrected chi connectivity index (χ4v) is 6.84. The molecule has 0 spiro atoms. The molecule has 0 saturated carbocycles. The van der Waals surface area contributed by atoms with Crippen molar-refractivity contribution < 1.29 is 27.1 Å². The summed E-state index contributed by atoms with van der Waals surface area (Å²) in [4.78, 5) is 26.8. The summed E-state index contributed by atoms with van der Waals surface area (Å²) in [7, 11) is -4.19. The van der Waals surface area contributed by atoms with Crippen LogP contribution in [0.5, 0.6) is 0 Å². The molecule has 7 nitrogen and oxygen atoms in total. The first-order valence-electron chi connectivity index (χ1n) is 11.7. The fourth-order valence-electron chi connectivity index (χ4n) is 4.13. The van der Waals surface area contributed by atoms with Gasteiger partial charge in [0.25, 0.3) is 10.0 Å². The van der Waals surface area contributed by atoms with E-state index in [2.05, 4.69) is 5.32 Å². The van der Waals surface area contributed by atoms with Gasteiger partial charge in [0.15, 0.2) is 0 Å². The molecular formula is C26H27FN2O5S2. The highest BCUT2D eigenvalue weighted by molar-refractivity contribution is 7.92. The summed E-state index contributed by atoms with van der Waals surface area (Å²) in [5, 5.41) is 3.13. The molecule has 0 unspecified atom stereocenters. The van der Waals surface area contributed by atoms with Crippen molar-refractivity contribution in [1.82, 2.24) is 0 Å². The van der Waals surface area contributed by atoms with E-state index < -0.39 is 34.3 Å². The van der Waals surface area contributed by atoms with Crippen molar-refractivity contribution in [2.75, 3.05) is 22.8 Å². The van der Waals surface area contributed by atoms with Crippen molar-refractivity contribution >= 4 is 43.9 Å². The predicted molar refractivity (Wildman–Crippen MR) is 138 cm³/mol. The highest BCUT2D eigenvalue weighted by atomic mass is 32.2. The van der Waals surface area contributed by atoms with Gasteiger partial charge in [-0.25, -0.2) is 17.6 Å². The number of thiophene rings is 1. The maximum Gasteiger partial charge on any atom is 0.341 e. The molecule has 0 aliphatic heterocycles. The first-order valence-corrected chi connectivity index (χ1v) is 13.9. The molecule has 2 aromatic carbocycles. The number of carbonyl (C=O) groups excluding carboxylic acids is 2. The Hall–Kier alpha value is -3.24. The molecule has 10 heteroatoms. The van der Waals surface area contributed by atoms with Gasteiger partial charge in [-0.05, 0) is 81.5 Å². The van der Waals surface area contributed by atoms with Crippen molar-refractivity contribution in [3.05, 3.63) is 75.9 Å². The first-order chi connectivity index (χ1) is 17.2. The number of fused-ring (bicyclic) bond motifs is 1. The molecule has 1 aliphatic rings. The lowest BCUT2D eigenvalue weighted by molar-refractivity contribution is -0.114. The number of hydrogen-bond donors (Lipinski definition) is 1. The highest BCUT2D eigenvalue weighted by Gasteiger charge is 2.30. The molecule has 1 amide bonds. The van der Waals surface area contributed by atoms with Gasteiger partial charge >= 0.3 is 5.97 Å².